The van der Waals surface area contributed by atoms with Crippen molar-refractivity contribution in [1.82, 2.24) is 9.97 Å². The van der Waals surface area contributed by atoms with Gasteiger partial charge in [-0.05, 0) is 37.1 Å². The number of hydrogen-bond acceptors (Lipinski definition) is 6. The molecule has 44 heavy (non-hydrogen) atoms. The Morgan fingerprint density at radius 1 is 0.500 bits per heavy atom. The van der Waals surface area contributed by atoms with Gasteiger partial charge in [0.25, 0.3) is 0 Å². The van der Waals surface area contributed by atoms with Gasteiger partial charge in [-0.3, -0.25) is 0 Å². The molecule has 0 aliphatic rings. The van der Waals surface area contributed by atoms with Crippen LogP contribution in [0.25, 0.3) is 33.2 Å². The second-order valence-corrected chi connectivity index (χ2v) is 11.6. The molecule has 4 rings (SSSR count). The van der Waals surface area contributed by atoms with Crippen molar-refractivity contribution >= 4 is 21.8 Å². The number of H-pyrrole nitrogens is 2. The highest BCUT2D eigenvalue weighted by Crippen LogP contribution is 2.48. The Balaban J connectivity index is 1.56. The fourth-order valence-electron chi connectivity index (χ4n) is 5.86. The standard InChI is InChI=1S/C36H52N2O6/c1-5-7-9-11-13-15-17-23-43-25-19-21-27(41-3)31-29(25)35(39)33(37-31)34-36(40)30-26(20-22-28(42-4)32(30)38-34)44-24-18-16-14-12-10-8-6-2/h19-22,37-40H,5-18,23-24H2,1-4H3/p-2. The van der Waals surface area contributed by atoms with Gasteiger partial charge >= 0.3 is 0 Å². The SMILES string of the molecule is CCCCCCCCCOc1ccc(OC)c2[nH]c(-c3[nH]c4c(OC)ccc(OCCCCCCCCC)c4c3[O-])c([O-])c12. The number of methoxy groups -OCH3 is 2. The lowest BCUT2D eigenvalue weighted by molar-refractivity contribution is -0.268. The van der Waals surface area contributed by atoms with Gasteiger partial charge in [-0.2, -0.15) is 0 Å². The predicted molar refractivity (Wildman–Crippen MR) is 175 cm³/mol. The zero-order valence-electron chi connectivity index (χ0n) is 27.1. The van der Waals surface area contributed by atoms with Crippen LogP contribution in [0.1, 0.15) is 104 Å². The van der Waals surface area contributed by atoms with Crippen LogP contribution in [0, 0.1) is 0 Å². The third kappa shape index (κ3) is 7.88. The molecule has 0 spiro atoms. The molecule has 0 radical (unpaired) electrons. The summed E-state index contributed by atoms with van der Waals surface area (Å²) in [7, 11) is 3.11. The minimum atomic E-state index is -0.318. The Labute approximate surface area is 262 Å². The van der Waals surface area contributed by atoms with Crippen molar-refractivity contribution in [3.05, 3.63) is 24.3 Å². The first kappa shape index (κ1) is 33.2. The number of aromatic nitrogens is 2. The molecule has 0 unspecified atom stereocenters. The van der Waals surface area contributed by atoms with Crippen molar-refractivity contribution in [2.45, 2.75) is 104 Å². The monoisotopic (exact) mass is 606 g/mol. The van der Waals surface area contributed by atoms with Crippen LogP contribution in [0.15, 0.2) is 24.3 Å². The van der Waals surface area contributed by atoms with Crippen molar-refractivity contribution in [1.29, 1.82) is 0 Å². The van der Waals surface area contributed by atoms with Crippen molar-refractivity contribution in [3.63, 3.8) is 0 Å². The molecule has 0 atom stereocenters. The van der Waals surface area contributed by atoms with Gasteiger partial charge in [0.2, 0.25) is 0 Å². The number of fused-ring (bicyclic) bond motifs is 2. The lowest BCUT2D eigenvalue weighted by Crippen LogP contribution is -2.00. The normalized spacial score (nSPS) is 11.5. The molecule has 0 fully saturated rings. The van der Waals surface area contributed by atoms with Crippen LogP contribution < -0.4 is 29.2 Å². The number of benzene rings is 2. The first-order valence-corrected chi connectivity index (χ1v) is 16.6. The molecule has 8 nitrogen and oxygen atoms in total. The predicted octanol–water partition coefficient (Wildman–Crippen LogP) is 8.74. The molecule has 0 bridgehead atoms. The van der Waals surface area contributed by atoms with E-state index in [0.717, 1.165) is 25.7 Å². The highest BCUT2D eigenvalue weighted by atomic mass is 16.5. The molecule has 2 heterocycles. The van der Waals surface area contributed by atoms with E-state index in [2.05, 4.69) is 23.8 Å². The van der Waals surface area contributed by atoms with Crippen LogP contribution in [0.3, 0.4) is 0 Å². The summed E-state index contributed by atoms with van der Waals surface area (Å²) in [6.07, 6.45) is 16.4. The van der Waals surface area contributed by atoms with Crippen LogP contribution >= 0.6 is 0 Å². The van der Waals surface area contributed by atoms with Crippen molar-refractivity contribution in [2.75, 3.05) is 27.4 Å². The Kier molecular flexibility index (Phi) is 12.8. The Morgan fingerprint density at radius 3 is 1.20 bits per heavy atom. The number of nitrogens with one attached hydrogen (secondary N) is 2. The molecule has 2 N–H and O–H groups in total. The summed E-state index contributed by atoms with van der Waals surface area (Å²) in [5.74, 6) is 1.35. The van der Waals surface area contributed by atoms with E-state index >= 15 is 0 Å². The van der Waals surface area contributed by atoms with E-state index in [9.17, 15) is 10.2 Å². The van der Waals surface area contributed by atoms with E-state index in [-0.39, 0.29) is 22.9 Å². The third-order valence-electron chi connectivity index (χ3n) is 8.37. The molecule has 0 saturated carbocycles. The second kappa shape index (κ2) is 17.0. The number of hydrogen-bond donors (Lipinski definition) is 2. The summed E-state index contributed by atoms with van der Waals surface area (Å²) in [5, 5.41) is 28.5. The highest BCUT2D eigenvalue weighted by Gasteiger charge is 2.20. The number of unbranched alkanes of at least 4 members (excludes halogenated alkanes) is 12. The smallest absolute Gasteiger partial charge is 0.143 e. The minimum absolute atomic E-state index is 0.159. The van der Waals surface area contributed by atoms with Crippen molar-refractivity contribution < 1.29 is 29.2 Å². The topological polar surface area (TPSA) is 115 Å². The molecular formula is C36H50N2O6-2. The second-order valence-electron chi connectivity index (χ2n) is 11.6. The summed E-state index contributed by atoms with van der Waals surface area (Å²) in [6, 6.07) is 7.10. The summed E-state index contributed by atoms with van der Waals surface area (Å²) in [6.45, 7) is 5.48. The van der Waals surface area contributed by atoms with Gasteiger partial charge in [0, 0.05) is 10.8 Å². The van der Waals surface area contributed by atoms with E-state index < -0.39 is 0 Å². The maximum absolute atomic E-state index is 13.9. The van der Waals surface area contributed by atoms with Gasteiger partial charge in [0.1, 0.15) is 23.0 Å². The average Bonchev–Trinajstić information content (AvgIpc) is 3.57. The number of rotatable bonds is 21. The minimum Gasteiger partial charge on any atom is -0.870 e. The van der Waals surface area contributed by atoms with Gasteiger partial charge in [0.05, 0.1) is 49.9 Å². The first-order chi connectivity index (χ1) is 21.5. The summed E-state index contributed by atoms with van der Waals surface area (Å²) < 4.78 is 23.3. The third-order valence-corrected chi connectivity index (χ3v) is 8.37. The quantitative estimate of drug-likeness (QED) is 0.0917. The molecule has 0 amide bonds. The molecule has 8 heteroatoms. The van der Waals surface area contributed by atoms with E-state index in [0.29, 0.717) is 58.0 Å². The molecule has 0 aliphatic heterocycles. The largest absolute Gasteiger partial charge is 0.870 e. The molecule has 0 aliphatic carbocycles. The maximum atomic E-state index is 13.9. The fraction of sp³-hybridized carbons (Fsp3) is 0.556. The molecule has 0 saturated heterocycles. The van der Waals surface area contributed by atoms with Crippen LogP contribution in [-0.4, -0.2) is 37.4 Å². The summed E-state index contributed by atoms with van der Waals surface area (Å²) in [4.78, 5) is 6.36. The molecule has 2 aromatic heterocycles. The number of ether oxygens (including phenoxy) is 4. The highest BCUT2D eigenvalue weighted by molar-refractivity contribution is 6.05. The van der Waals surface area contributed by atoms with Crippen LogP contribution in [-0.2, 0) is 0 Å². The van der Waals surface area contributed by atoms with E-state index in [1.54, 1.807) is 38.5 Å². The van der Waals surface area contributed by atoms with Gasteiger partial charge in [-0.25, -0.2) is 0 Å². The van der Waals surface area contributed by atoms with E-state index in [4.69, 9.17) is 18.9 Å². The maximum Gasteiger partial charge on any atom is 0.143 e. The molecule has 242 valence electrons. The van der Waals surface area contributed by atoms with E-state index in [1.165, 1.54) is 64.2 Å². The summed E-state index contributed by atoms with van der Waals surface area (Å²) >= 11 is 0. The van der Waals surface area contributed by atoms with Gasteiger partial charge in [-0.1, -0.05) is 102 Å². The fourth-order valence-corrected chi connectivity index (χ4v) is 5.86. The van der Waals surface area contributed by atoms with Crippen molar-refractivity contribution in [2.24, 2.45) is 0 Å². The Hall–Kier alpha value is -3.68. The Bertz CT molecular complexity index is 1350. The van der Waals surface area contributed by atoms with Crippen molar-refractivity contribution in [3.8, 4) is 45.9 Å². The van der Waals surface area contributed by atoms with Gasteiger partial charge in [0.15, 0.2) is 0 Å². The summed E-state index contributed by atoms with van der Waals surface area (Å²) in [5.41, 5.74) is 1.33. The Morgan fingerprint density at radius 2 is 0.841 bits per heavy atom. The lowest BCUT2D eigenvalue weighted by Gasteiger charge is -2.15. The lowest BCUT2D eigenvalue weighted by atomic mass is 10.1. The molecule has 4 aromatic rings. The van der Waals surface area contributed by atoms with Gasteiger partial charge < -0.3 is 39.1 Å². The zero-order chi connectivity index (χ0) is 31.3. The molecule has 2 aromatic carbocycles. The van der Waals surface area contributed by atoms with Gasteiger partial charge in [-0.15, -0.1) is 0 Å². The van der Waals surface area contributed by atoms with Crippen LogP contribution in [0.5, 0.6) is 34.5 Å². The first-order valence-electron chi connectivity index (χ1n) is 16.6. The zero-order valence-corrected chi connectivity index (χ0v) is 27.1. The average molecular weight is 607 g/mol. The van der Waals surface area contributed by atoms with Crippen LogP contribution in [0.2, 0.25) is 0 Å². The van der Waals surface area contributed by atoms with E-state index in [1.807, 2.05) is 0 Å². The van der Waals surface area contributed by atoms with Crippen LogP contribution in [0.4, 0.5) is 0 Å². The number of aromatic amines is 2. The molecular weight excluding hydrogens is 556 g/mol.